The van der Waals surface area contributed by atoms with Crippen LogP contribution in [0.4, 0.5) is 18.9 Å². The highest BCUT2D eigenvalue weighted by atomic mass is 32.2. The van der Waals surface area contributed by atoms with Crippen molar-refractivity contribution in [2.75, 3.05) is 5.32 Å². The Balaban J connectivity index is 1.83. The Kier molecular flexibility index (Phi) is 8.55. The van der Waals surface area contributed by atoms with E-state index in [1.807, 2.05) is 32.0 Å². The number of thiophene rings is 1. The number of pyridine rings is 1. The molecule has 4 nitrogen and oxygen atoms in total. The Morgan fingerprint density at radius 2 is 1.74 bits per heavy atom. The summed E-state index contributed by atoms with van der Waals surface area (Å²) in [6, 6.07) is 20.6. The molecular weight excluding hydrogens is 527 g/mol. The highest BCUT2D eigenvalue weighted by Gasteiger charge is 2.37. The fourth-order valence-electron chi connectivity index (χ4n) is 4.09. The average molecular weight is 552 g/mol. The first-order valence-electron chi connectivity index (χ1n) is 12.0. The predicted molar refractivity (Wildman–Crippen MR) is 146 cm³/mol. The van der Waals surface area contributed by atoms with Gasteiger partial charge >= 0.3 is 6.18 Å². The number of nitrogens with zero attached hydrogens (tertiary/aromatic N) is 2. The molecule has 2 aromatic carbocycles. The monoisotopic (exact) mass is 551 g/mol. The van der Waals surface area contributed by atoms with Crippen LogP contribution in [0.2, 0.25) is 0 Å². The first-order valence-corrected chi connectivity index (χ1v) is 13.7. The third-order valence-electron chi connectivity index (χ3n) is 5.99. The number of aromatic nitrogens is 1. The van der Waals surface area contributed by atoms with Crippen LogP contribution < -0.4 is 5.32 Å². The highest BCUT2D eigenvalue weighted by Crippen LogP contribution is 2.43. The summed E-state index contributed by atoms with van der Waals surface area (Å²) in [6.45, 7) is 3.98. The van der Waals surface area contributed by atoms with E-state index in [1.165, 1.54) is 11.3 Å². The minimum absolute atomic E-state index is 0.102. The molecule has 0 aliphatic heterocycles. The summed E-state index contributed by atoms with van der Waals surface area (Å²) < 4.78 is 42.1. The molecule has 0 aliphatic rings. The second kappa shape index (κ2) is 11.8. The molecule has 4 aromatic rings. The van der Waals surface area contributed by atoms with Gasteiger partial charge in [-0.05, 0) is 47.0 Å². The van der Waals surface area contributed by atoms with E-state index in [1.54, 1.807) is 53.9 Å². The van der Waals surface area contributed by atoms with E-state index in [0.29, 0.717) is 29.0 Å². The van der Waals surface area contributed by atoms with Crippen molar-refractivity contribution in [3.63, 3.8) is 0 Å². The fourth-order valence-corrected chi connectivity index (χ4v) is 5.89. The van der Waals surface area contributed by atoms with Crippen LogP contribution in [0.5, 0.6) is 0 Å². The molecule has 1 amide bonds. The summed E-state index contributed by atoms with van der Waals surface area (Å²) >= 11 is 2.10. The maximum Gasteiger partial charge on any atom is 0.417 e. The molecule has 0 unspecified atom stereocenters. The lowest BCUT2D eigenvalue weighted by atomic mass is 10.0. The van der Waals surface area contributed by atoms with Crippen LogP contribution in [-0.2, 0) is 23.8 Å². The van der Waals surface area contributed by atoms with Crippen LogP contribution in [0.25, 0.3) is 10.6 Å². The van der Waals surface area contributed by atoms with Gasteiger partial charge in [0.15, 0.2) is 0 Å². The number of anilines is 1. The molecule has 2 heterocycles. The van der Waals surface area contributed by atoms with Gasteiger partial charge in [0.25, 0.3) is 0 Å². The van der Waals surface area contributed by atoms with Crippen LogP contribution in [0.3, 0.4) is 0 Å². The largest absolute Gasteiger partial charge is 0.417 e. The lowest BCUT2D eigenvalue weighted by Gasteiger charge is -2.21. The molecule has 0 saturated carbocycles. The first kappa shape index (κ1) is 27.4. The third-order valence-corrected chi connectivity index (χ3v) is 8.13. The van der Waals surface area contributed by atoms with Gasteiger partial charge in [-0.1, -0.05) is 80.2 Å². The van der Waals surface area contributed by atoms with Gasteiger partial charge in [0, 0.05) is 5.69 Å². The van der Waals surface area contributed by atoms with Gasteiger partial charge < -0.3 is 5.32 Å². The number of hydrogen-bond donors (Lipinski definition) is 1. The topological polar surface area (TPSA) is 65.8 Å². The number of amides is 1. The molecule has 0 fully saturated rings. The molecule has 1 N–H and O–H groups in total. The van der Waals surface area contributed by atoms with Gasteiger partial charge in [0.1, 0.15) is 16.3 Å². The molecule has 0 bridgehead atoms. The zero-order chi connectivity index (χ0) is 27.3. The normalized spacial score (nSPS) is 12.1. The van der Waals surface area contributed by atoms with Gasteiger partial charge in [-0.3, -0.25) is 4.79 Å². The quantitative estimate of drug-likeness (QED) is 0.224. The van der Waals surface area contributed by atoms with E-state index in [2.05, 4.69) is 10.3 Å². The average Bonchev–Trinajstić information content (AvgIpc) is 3.46. The fraction of sp³-hybridized carbons (Fsp3) is 0.207. The Labute approximate surface area is 227 Å². The molecule has 0 saturated heterocycles. The van der Waals surface area contributed by atoms with E-state index in [-0.39, 0.29) is 10.7 Å². The zero-order valence-electron chi connectivity index (χ0n) is 20.7. The number of carbonyl (C=O) groups excluding carboxylic acids is 1. The third kappa shape index (κ3) is 5.93. The molecule has 194 valence electrons. The number of carbonyl (C=O) groups is 1. The molecule has 1 atom stereocenters. The minimum atomic E-state index is -4.77. The van der Waals surface area contributed by atoms with E-state index in [0.717, 1.165) is 29.0 Å². The summed E-state index contributed by atoms with van der Waals surface area (Å²) in [5, 5.41) is 13.5. The number of nitriles is 1. The van der Waals surface area contributed by atoms with Crippen molar-refractivity contribution in [1.82, 2.24) is 4.98 Å². The van der Waals surface area contributed by atoms with Crippen molar-refractivity contribution >= 4 is 34.7 Å². The number of para-hydroxylation sites is 1. The highest BCUT2D eigenvalue weighted by molar-refractivity contribution is 8.00. The summed E-state index contributed by atoms with van der Waals surface area (Å²) in [7, 11) is 0. The molecule has 0 aliphatic carbocycles. The number of halogens is 3. The van der Waals surface area contributed by atoms with Gasteiger partial charge in [-0.15, -0.1) is 11.3 Å². The molecular formula is C29H24F3N3OS2. The zero-order valence-corrected chi connectivity index (χ0v) is 22.3. The molecule has 9 heteroatoms. The second-order valence-corrected chi connectivity index (χ2v) is 10.4. The van der Waals surface area contributed by atoms with Crippen molar-refractivity contribution in [3.8, 4) is 16.6 Å². The predicted octanol–water partition coefficient (Wildman–Crippen LogP) is 8.30. The summed E-state index contributed by atoms with van der Waals surface area (Å²) in [5.41, 5.74) is 1.65. The van der Waals surface area contributed by atoms with Gasteiger partial charge in [-0.2, -0.15) is 18.4 Å². The van der Waals surface area contributed by atoms with Crippen LogP contribution in [-0.4, -0.2) is 10.9 Å². The number of aryl methyl sites for hydroxylation is 2. The molecule has 38 heavy (non-hydrogen) atoms. The van der Waals surface area contributed by atoms with Crippen LogP contribution in [0.1, 0.15) is 46.9 Å². The SMILES string of the molecule is CCc1cccc(CC)c1NC(=O)[C@@H](Sc1nc(-c2cccs2)cc(C(F)(F)F)c1C#N)c1ccccc1. The van der Waals surface area contributed by atoms with Crippen molar-refractivity contribution in [2.45, 2.75) is 43.1 Å². The first-order chi connectivity index (χ1) is 18.3. The molecule has 4 rings (SSSR count). The number of benzene rings is 2. The standard InChI is InChI=1S/C29H24F3N3OS2/c1-3-18-12-8-13-19(4-2)25(18)35-27(36)26(20-10-6-5-7-11-20)38-28-21(17-33)22(29(30,31)32)16-23(34-28)24-14-9-15-37-24/h5-16,26H,3-4H2,1-2H3,(H,35,36)/t26-/m0/s1. The number of hydrogen-bond acceptors (Lipinski definition) is 5. The van der Waals surface area contributed by atoms with E-state index in [9.17, 15) is 23.2 Å². The van der Waals surface area contributed by atoms with Gasteiger partial charge in [0.2, 0.25) is 5.91 Å². The Bertz CT molecular complexity index is 1440. The number of rotatable bonds is 8. The smallest absolute Gasteiger partial charge is 0.324 e. The summed E-state index contributed by atoms with van der Waals surface area (Å²) in [5.74, 6) is -0.405. The molecule has 0 spiro atoms. The van der Waals surface area contributed by atoms with Gasteiger partial charge in [-0.25, -0.2) is 4.98 Å². The van der Waals surface area contributed by atoms with Crippen molar-refractivity contribution in [3.05, 3.63) is 99.9 Å². The molecule has 2 aromatic heterocycles. The van der Waals surface area contributed by atoms with Crippen molar-refractivity contribution < 1.29 is 18.0 Å². The Morgan fingerprint density at radius 1 is 1.05 bits per heavy atom. The number of alkyl halides is 3. The van der Waals surface area contributed by atoms with Gasteiger partial charge in [0.05, 0.1) is 21.7 Å². The van der Waals surface area contributed by atoms with E-state index in [4.69, 9.17) is 0 Å². The Hall–Kier alpha value is -3.61. The lowest BCUT2D eigenvalue weighted by Crippen LogP contribution is -2.21. The van der Waals surface area contributed by atoms with Crippen LogP contribution in [0, 0.1) is 11.3 Å². The minimum Gasteiger partial charge on any atom is -0.324 e. The van der Waals surface area contributed by atoms with Crippen molar-refractivity contribution in [1.29, 1.82) is 5.26 Å². The summed E-state index contributed by atoms with van der Waals surface area (Å²) in [4.78, 5) is 18.8. The maximum atomic E-state index is 14.0. The van der Waals surface area contributed by atoms with Crippen molar-refractivity contribution in [2.24, 2.45) is 0 Å². The lowest BCUT2D eigenvalue weighted by molar-refractivity contribution is -0.138. The van der Waals surface area contributed by atoms with E-state index >= 15 is 0 Å². The van der Waals surface area contributed by atoms with Crippen LogP contribution >= 0.6 is 23.1 Å². The Morgan fingerprint density at radius 3 is 2.29 bits per heavy atom. The molecule has 0 radical (unpaired) electrons. The summed E-state index contributed by atoms with van der Waals surface area (Å²) in [6.07, 6.45) is -3.37. The maximum absolute atomic E-state index is 14.0. The second-order valence-electron chi connectivity index (χ2n) is 8.38. The number of thioether (sulfide) groups is 1. The number of nitrogens with one attached hydrogen (secondary N) is 1. The van der Waals surface area contributed by atoms with E-state index < -0.39 is 28.5 Å². The van der Waals surface area contributed by atoms with Crippen LogP contribution in [0.15, 0.2) is 77.1 Å².